The Balaban J connectivity index is 2.55. The van der Waals surface area contributed by atoms with E-state index in [-0.39, 0.29) is 0 Å². The van der Waals surface area contributed by atoms with Gasteiger partial charge in [0.1, 0.15) is 5.69 Å². The number of carboxylic acids is 1. The number of methoxy groups -OCH3 is 1. The summed E-state index contributed by atoms with van der Waals surface area (Å²) in [4.78, 5) is 10.9. The summed E-state index contributed by atoms with van der Waals surface area (Å²) >= 11 is 1.28. The average molecular weight is 223 g/mol. The van der Waals surface area contributed by atoms with Crippen molar-refractivity contribution >= 4 is 27.6 Å². The largest absolute Gasteiger partial charge is 0.479 e. The minimum absolute atomic E-state index is 0.477. The van der Waals surface area contributed by atoms with Gasteiger partial charge in [0, 0.05) is 12.5 Å². The molecule has 1 N–H and O–H groups in total. The third-order valence-electron chi connectivity index (χ3n) is 2.11. The Morgan fingerprint density at radius 3 is 2.93 bits per heavy atom. The second-order valence-electron chi connectivity index (χ2n) is 3.02. The van der Waals surface area contributed by atoms with Crippen molar-refractivity contribution in [2.75, 3.05) is 7.11 Å². The number of hydrogen-bond donors (Lipinski definition) is 1. The summed E-state index contributed by atoms with van der Waals surface area (Å²) in [5.74, 6) is -1.02. The molecule has 1 heterocycles. The maximum Gasteiger partial charge on any atom is 0.339 e. The van der Waals surface area contributed by atoms with Crippen LogP contribution in [0.1, 0.15) is 11.8 Å². The molecular formula is C10H9NO3S. The standard InChI is InChI=1S/C10H9NO3S/c1-14-9(10(12)13)8-6-4-2-3-5-7(6)15-11-8/h2-5,9H,1H3,(H,12,13). The topological polar surface area (TPSA) is 59.4 Å². The molecule has 1 atom stereocenters. The molecule has 2 aromatic rings. The fourth-order valence-corrected chi connectivity index (χ4v) is 2.23. The van der Waals surface area contributed by atoms with Crippen LogP contribution in [0.15, 0.2) is 24.3 Å². The number of aromatic nitrogens is 1. The maximum absolute atomic E-state index is 10.9. The molecule has 0 bridgehead atoms. The smallest absolute Gasteiger partial charge is 0.339 e. The zero-order chi connectivity index (χ0) is 10.8. The second kappa shape index (κ2) is 3.96. The molecule has 1 unspecified atom stereocenters. The lowest BCUT2D eigenvalue weighted by Gasteiger charge is -2.07. The summed E-state index contributed by atoms with van der Waals surface area (Å²) in [6.07, 6.45) is -0.985. The Bertz CT molecular complexity index is 494. The van der Waals surface area contributed by atoms with Crippen molar-refractivity contribution in [3.63, 3.8) is 0 Å². The van der Waals surface area contributed by atoms with E-state index < -0.39 is 12.1 Å². The van der Waals surface area contributed by atoms with Crippen molar-refractivity contribution in [3.8, 4) is 0 Å². The normalized spacial score (nSPS) is 12.9. The first kappa shape index (κ1) is 10.1. The second-order valence-corrected chi connectivity index (χ2v) is 3.82. The Labute approximate surface area is 90.3 Å². The van der Waals surface area contributed by atoms with E-state index in [0.29, 0.717) is 5.69 Å². The number of benzene rings is 1. The molecule has 0 saturated carbocycles. The highest BCUT2D eigenvalue weighted by Gasteiger charge is 2.23. The van der Waals surface area contributed by atoms with Crippen LogP contribution < -0.4 is 0 Å². The highest BCUT2D eigenvalue weighted by Crippen LogP contribution is 2.28. The van der Waals surface area contributed by atoms with Crippen LogP contribution in [-0.2, 0) is 9.53 Å². The van der Waals surface area contributed by atoms with E-state index in [1.807, 2.05) is 24.3 Å². The van der Waals surface area contributed by atoms with E-state index in [0.717, 1.165) is 10.1 Å². The van der Waals surface area contributed by atoms with Crippen molar-refractivity contribution in [1.82, 2.24) is 4.37 Å². The van der Waals surface area contributed by atoms with Gasteiger partial charge in [0.05, 0.1) is 4.70 Å². The Hall–Kier alpha value is -1.46. The fraction of sp³-hybridized carbons (Fsp3) is 0.200. The van der Waals surface area contributed by atoms with Gasteiger partial charge in [0.25, 0.3) is 0 Å². The van der Waals surface area contributed by atoms with Crippen molar-refractivity contribution in [1.29, 1.82) is 0 Å². The van der Waals surface area contributed by atoms with E-state index >= 15 is 0 Å². The van der Waals surface area contributed by atoms with Crippen LogP contribution >= 0.6 is 11.5 Å². The molecule has 78 valence electrons. The molecule has 15 heavy (non-hydrogen) atoms. The van der Waals surface area contributed by atoms with Crippen LogP contribution in [0.4, 0.5) is 0 Å². The van der Waals surface area contributed by atoms with Crippen molar-refractivity contribution < 1.29 is 14.6 Å². The number of carbonyl (C=O) groups is 1. The Kier molecular flexibility index (Phi) is 2.66. The van der Waals surface area contributed by atoms with Crippen LogP contribution in [-0.4, -0.2) is 22.6 Å². The summed E-state index contributed by atoms with van der Waals surface area (Å²) in [6.45, 7) is 0. The van der Waals surface area contributed by atoms with Gasteiger partial charge in [-0.25, -0.2) is 4.79 Å². The predicted molar refractivity (Wildman–Crippen MR) is 57.0 cm³/mol. The van der Waals surface area contributed by atoms with Gasteiger partial charge in [0.2, 0.25) is 0 Å². The molecule has 0 amide bonds. The number of rotatable bonds is 3. The molecule has 0 aliphatic rings. The number of ether oxygens (including phenoxy) is 1. The lowest BCUT2D eigenvalue weighted by molar-refractivity contribution is -0.149. The van der Waals surface area contributed by atoms with Gasteiger partial charge in [-0.3, -0.25) is 0 Å². The van der Waals surface area contributed by atoms with Crippen LogP contribution in [0.3, 0.4) is 0 Å². The first-order chi connectivity index (χ1) is 7.24. The minimum Gasteiger partial charge on any atom is -0.479 e. The SMILES string of the molecule is COC(C(=O)O)c1nsc2ccccc12. The summed E-state index contributed by atoms with van der Waals surface area (Å²) in [5.41, 5.74) is 0.477. The third kappa shape index (κ3) is 1.71. The first-order valence-corrected chi connectivity index (χ1v) is 5.11. The van der Waals surface area contributed by atoms with Gasteiger partial charge in [-0.2, -0.15) is 4.37 Å². The number of nitrogens with zero attached hydrogens (tertiary/aromatic N) is 1. The Morgan fingerprint density at radius 2 is 2.27 bits per heavy atom. The molecule has 5 heteroatoms. The number of carboxylic acid groups (broad SMARTS) is 1. The van der Waals surface area contributed by atoms with Gasteiger partial charge < -0.3 is 9.84 Å². The highest BCUT2D eigenvalue weighted by molar-refractivity contribution is 7.13. The molecule has 1 aromatic carbocycles. The molecule has 1 aromatic heterocycles. The average Bonchev–Trinajstić information content (AvgIpc) is 2.63. The molecule has 4 nitrogen and oxygen atoms in total. The van der Waals surface area contributed by atoms with Crippen molar-refractivity contribution in [3.05, 3.63) is 30.0 Å². The van der Waals surface area contributed by atoms with Gasteiger partial charge in [0.15, 0.2) is 6.10 Å². The first-order valence-electron chi connectivity index (χ1n) is 4.34. The molecular weight excluding hydrogens is 214 g/mol. The monoisotopic (exact) mass is 223 g/mol. The minimum atomic E-state index is -1.02. The zero-order valence-electron chi connectivity index (χ0n) is 8.01. The van der Waals surface area contributed by atoms with Gasteiger partial charge in [-0.1, -0.05) is 18.2 Å². The summed E-state index contributed by atoms with van der Waals surface area (Å²) in [7, 11) is 1.37. The van der Waals surface area contributed by atoms with Crippen molar-refractivity contribution in [2.24, 2.45) is 0 Å². The number of fused-ring (bicyclic) bond motifs is 1. The van der Waals surface area contributed by atoms with Gasteiger partial charge >= 0.3 is 5.97 Å². The van der Waals surface area contributed by atoms with Gasteiger partial charge in [-0.05, 0) is 17.6 Å². The van der Waals surface area contributed by atoms with Crippen molar-refractivity contribution in [2.45, 2.75) is 6.10 Å². The van der Waals surface area contributed by atoms with Crippen LogP contribution in [0.2, 0.25) is 0 Å². The van der Waals surface area contributed by atoms with E-state index in [2.05, 4.69) is 4.37 Å². The van der Waals surface area contributed by atoms with Crippen LogP contribution in [0, 0.1) is 0 Å². The molecule has 0 saturated heterocycles. The summed E-state index contributed by atoms with van der Waals surface area (Å²) < 4.78 is 10.0. The predicted octanol–water partition coefficient (Wildman–Crippen LogP) is 2.07. The lowest BCUT2D eigenvalue weighted by atomic mass is 10.1. The molecule has 0 spiro atoms. The Morgan fingerprint density at radius 1 is 1.53 bits per heavy atom. The highest BCUT2D eigenvalue weighted by atomic mass is 32.1. The van der Waals surface area contributed by atoms with E-state index in [4.69, 9.17) is 9.84 Å². The molecule has 0 radical (unpaired) electrons. The number of hydrogen-bond acceptors (Lipinski definition) is 4. The third-order valence-corrected chi connectivity index (χ3v) is 2.95. The zero-order valence-corrected chi connectivity index (χ0v) is 8.82. The van der Waals surface area contributed by atoms with Crippen LogP contribution in [0.5, 0.6) is 0 Å². The maximum atomic E-state index is 10.9. The summed E-state index contributed by atoms with van der Waals surface area (Å²) in [5, 5.41) is 9.79. The lowest BCUT2D eigenvalue weighted by Crippen LogP contribution is -2.13. The van der Waals surface area contributed by atoms with Crippen LogP contribution in [0.25, 0.3) is 10.1 Å². The van der Waals surface area contributed by atoms with Gasteiger partial charge in [-0.15, -0.1) is 0 Å². The molecule has 0 fully saturated rings. The van der Waals surface area contributed by atoms with E-state index in [1.54, 1.807) is 0 Å². The molecule has 0 aliphatic heterocycles. The molecule has 0 aliphatic carbocycles. The molecule has 2 rings (SSSR count). The fourth-order valence-electron chi connectivity index (χ4n) is 1.42. The summed E-state index contributed by atoms with van der Waals surface area (Å²) in [6, 6.07) is 7.51. The van der Waals surface area contributed by atoms with E-state index in [9.17, 15) is 4.79 Å². The van der Waals surface area contributed by atoms with E-state index in [1.165, 1.54) is 18.6 Å². The quantitative estimate of drug-likeness (QED) is 0.865. The number of aliphatic carboxylic acids is 1.